The van der Waals surface area contributed by atoms with Gasteiger partial charge in [0.15, 0.2) is 0 Å². The van der Waals surface area contributed by atoms with Crippen LogP contribution < -0.4 is 0 Å². The third-order valence-electron chi connectivity index (χ3n) is 6.96. The summed E-state index contributed by atoms with van der Waals surface area (Å²) in [5.74, 6) is 2.35. The van der Waals surface area contributed by atoms with E-state index in [0.717, 1.165) is 69.0 Å². The summed E-state index contributed by atoms with van der Waals surface area (Å²) in [6, 6.07) is 38.9. The van der Waals surface area contributed by atoms with Crippen LogP contribution in [0.4, 0.5) is 0 Å². The topological polar surface area (TPSA) is 39.2 Å². The number of hydrogen-bond donors (Lipinski definition) is 0. The molecule has 0 saturated carbocycles. The van der Waals surface area contributed by atoms with Crippen LogP contribution in [0.25, 0.3) is 62.6 Å². The molecule has 0 saturated heterocycles. The fraction of sp³-hybridized carbons (Fsp3) is 0.0571. The van der Waals surface area contributed by atoms with Gasteiger partial charge in [-0.15, -0.1) is 0 Å². The lowest BCUT2D eigenvalue weighted by atomic mass is 9.88. The molecule has 3 nitrogen and oxygen atoms in total. The molecule has 2 heterocycles. The summed E-state index contributed by atoms with van der Waals surface area (Å²) in [5, 5.41) is 0. The first kappa shape index (κ1) is 22.2. The van der Waals surface area contributed by atoms with Crippen molar-refractivity contribution in [3.05, 3.63) is 133 Å². The molecule has 0 fully saturated rings. The van der Waals surface area contributed by atoms with Crippen molar-refractivity contribution in [3.63, 3.8) is 0 Å². The smallest absolute Gasteiger partial charge is 0.226 e. The van der Waals surface area contributed by atoms with E-state index in [1.807, 2.05) is 60.7 Å². The molecular formula is C35H23NO2. The molecular weight excluding hydrogens is 466 g/mol. The number of hydrogen-bond acceptors (Lipinski definition) is 3. The lowest BCUT2D eigenvalue weighted by molar-refractivity contribution is 0.575. The minimum atomic E-state index is 0.589. The Morgan fingerprint density at radius 1 is 0.737 bits per heavy atom. The molecule has 0 N–H and O–H groups in total. The minimum Gasteiger partial charge on any atom is -0.455 e. The number of benzene rings is 3. The van der Waals surface area contributed by atoms with E-state index in [2.05, 4.69) is 60.7 Å². The van der Waals surface area contributed by atoms with Crippen molar-refractivity contribution < 1.29 is 8.83 Å². The minimum absolute atomic E-state index is 0.589. The van der Waals surface area contributed by atoms with E-state index >= 15 is 0 Å². The number of fused-ring (bicyclic) bond motifs is 1. The predicted molar refractivity (Wildman–Crippen MR) is 151 cm³/mol. The van der Waals surface area contributed by atoms with E-state index in [1.165, 1.54) is 5.56 Å². The lowest BCUT2D eigenvalue weighted by Gasteiger charge is -2.14. The Morgan fingerprint density at radius 3 is 2.32 bits per heavy atom. The molecule has 0 aliphatic heterocycles. The Kier molecular flexibility index (Phi) is 5.49. The molecule has 180 valence electrons. The molecule has 6 aromatic rings. The van der Waals surface area contributed by atoms with Gasteiger partial charge in [-0.25, -0.2) is 4.98 Å². The first-order valence-electron chi connectivity index (χ1n) is 12.8. The second-order valence-electron chi connectivity index (χ2n) is 9.30. The molecule has 0 unspecified atom stereocenters. The van der Waals surface area contributed by atoms with E-state index in [-0.39, 0.29) is 0 Å². The van der Waals surface area contributed by atoms with Crippen LogP contribution in [0.5, 0.6) is 0 Å². The molecule has 0 amide bonds. The zero-order valence-corrected chi connectivity index (χ0v) is 20.6. The quantitative estimate of drug-likeness (QED) is 0.242. The predicted octanol–water partition coefficient (Wildman–Crippen LogP) is 9.16. The largest absolute Gasteiger partial charge is 0.455 e. The third kappa shape index (κ3) is 3.84. The summed E-state index contributed by atoms with van der Waals surface area (Å²) in [5.41, 5.74) is 9.05. The van der Waals surface area contributed by atoms with Crippen LogP contribution in [-0.2, 0) is 6.42 Å². The molecule has 7 rings (SSSR count). The summed E-state index contributed by atoms with van der Waals surface area (Å²) < 4.78 is 12.8. The highest BCUT2D eigenvalue weighted by molar-refractivity contribution is 5.95. The normalized spacial score (nSPS) is 12.2. The van der Waals surface area contributed by atoms with Crippen molar-refractivity contribution in [1.29, 1.82) is 0 Å². The SMILES string of the molecule is c1cccc(-c2cccc(-c3coc(-c4ccccc4)n3)c2-c2oc(-c3ccccc3)c3c2CCC=C3)c#1. The second-order valence-corrected chi connectivity index (χ2v) is 9.30. The van der Waals surface area contributed by atoms with Gasteiger partial charge < -0.3 is 8.83 Å². The van der Waals surface area contributed by atoms with Crippen molar-refractivity contribution in [3.8, 4) is 56.5 Å². The zero-order valence-electron chi connectivity index (χ0n) is 20.6. The number of oxazole rings is 1. The molecule has 1 aliphatic carbocycles. The second kappa shape index (κ2) is 9.42. The molecule has 0 bridgehead atoms. The molecule has 4 aromatic carbocycles. The highest BCUT2D eigenvalue weighted by Gasteiger charge is 2.27. The summed E-state index contributed by atoms with van der Waals surface area (Å²) in [7, 11) is 0. The fourth-order valence-electron chi connectivity index (χ4n) is 5.19. The van der Waals surface area contributed by atoms with Crippen LogP contribution >= 0.6 is 0 Å². The van der Waals surface area contributed by atoms with Gasteiger partial charge in [0.1, 0.15) is 23.5 Å². The standard InChI is InChI=1S/C35H23NO2/c1-4-13-24(14-5-1)27-21-12-22-30(31-23-37-35(36-31)26-17-8-3-9-18-26)32(27)34-29-20-11-10-19-28(29)33(38-34)25-15-6-2-7-16-25/h1-4,6-10,12-13,15-19,21-23H,11,20H2. The highest BCUT2D eigenvalue weighted by atomic mass is 16.3. The average molecular weight is 490 g/mol. The van der Waals surface area contributed by atoms with E-state index < -0.39 is 0 Å². The molecule has 0 atom stereocenters. The molecule has 0 radical (unpaired) electrons. The maximum Gasteiger partial charge on any atom is 0.226 e. The Labute approximate surface area is 221 Å². The first-order valence-corrected chi connectivity index (χ1v) is 12.8. The van der Waals surface area contributed by atoms with Gasteiger partial charge in [0.2, 0.25) is 5.89 Å². The van der Waals surface area contributed by atoms with Crippen molar-refractivity contribution in [2.24, 2.45) is 0 Å². The van der Waals surface area contributed by atoms with Crippen molar-refractivity contribution in [2.75, 3.05) is 0 Å². The van der Waals surface area contributed by atoms with Crippen LogP contribution in [0.15, 0.2) is 118 Å². The summed E-state index contributed by atoms with van der Waals surface area (Å²) >= 11 is 0. The van der Waals surface area contributed by atoms with Gasteiger partial charge in [0.05, 0.1) is 0 Å². The maximum atomic E-state index is 6.82. The van der Waals surface area contributed by atoms with Crippen molar-refractivity contribution in [1.82, 2.24) is 4.98 Å². The number of rotatable bonds is 5. The van der Waals surface area contributed by atoms with Gasteiger partial charge in [0, 0.05) is 44.5 Å². The van der Waals surface area contributed by atoms with Gasteiger partial charge in [-0.05, 0) is 37.1 Å². The molecule has 3 heteroatoms. The lowest BCUT2D eigenvalue weighted by Crippen LogP contribution is -1.96. The number of furan rings is 1. The Bertz CT molecular complexity index is 1740. The average Bonchev–Trinajstić information content (AvgIpc) is 3.64. The molecule has 1 aliphatic rings. The Hall–Kier alpha value is -5.07. The number of aromatic nitrogens is 1. The van der Waals surface area contributed by atoms with Crippen LogP contribution in [-0.4, -0.2) is 4.98 Å². The van der Waals surface area contributed by atoms with E-state index in [9.17, 15) is 0 Å². The first-order chi connectivity index (χ1) is 18.9. The third-order valence-corrected chi connectivity index (χ3v) is 6.96. The van der Waals surface area contributed by atoms with Crippen LogP contribution in [0.3, 0.4) is 0 Å². The molecule has 0 spiro atoms. The number of allylic oxidation sites excluding steroid dienone is 1. The molecule has 38 heavy (non-hydrogen) atoms. The van der Waals surface area contributed by atoms with E-state index in [4.69, 9.17) is 13.8 Å². The zero-order chi connectivity index (χ0) is 25.3. The van der Waals surface area contributed by atoms with Crippen LogP contribution in [0.1, 0.15) is 17.5 Å². The summed E-state index contributed by atoms with van der Waals surface area (Å²) in [4.78, 5) is 4.91. The van der Waals surface area contributed by atoms with Gasteiger partial charge in [-0.2, -0.15) is 0 Å². The highest BCUT2D eigenvalue weighted by Crippen LogP contribution is 2.47. The Balaban J connectivity index is 1.49. The summed E-state index contributed by atoms with van der Waals surface area (Å²) in [6.07, 6.45) is 8.04. The van der Waals surface area contributed by atoms with Crippen molar-refractivity contribution >= 4 is 6.08 Å². The molecule has 2 aromatic heterocycles. The van der Waals surface area contributed by atoms with Gasteiger partial charge >= 0.3 is 0 Å². The monoisotopic (exact) mass is 489 g/mol. The number of nitrogens with zero attached hydrogens (tertiary/aromatic N) is 1. The van der Waals surface area contributed by atoms with Gasteiger partial charge in [0.25, 0.3) is 0 Å². The van der Waals surface area contributed by atoms with E-state index in [0.29, 0.717) is 5.89 Å². The van der Waals surface area contributed by atoms with Crippen molar-refractivity contribution in [2.45, 2.75) is 12.8 Å². The van der Waals surface area contributed by atoms with Gasteiger partial charge in [-0.3, -0.25) is 0 Å². The Morgan fingerprint density at radius 2 is 1.53 bits per heavy atom. The van der Waals surface area contributed by atoms with Crippen LogP contribution in [0.2, 0.25) is 0 Å². The summed E-state index contributed by atoms with van der Waals surface area (Å²) in [6.45, 7) is 0. The fourth-order valence-corrected chi connectivity index (χ4v) is 5.19. The van der Waals surface area contributed by atoms with Crippen LogP contribution in [0, 0.1) is 12.1 Å². The van der Waals surface area contributed by atoms with Gasteiger partial charge in [-0.1, -0.05) is 97.1 Å². The maximum absolute atomic E-state index is 6.82. The van der Waals surface area contributed by atoms with E-state index in [1.54, 1.807) is 6.26 Å².